The highest BCUT2D eigenvalue weighted by molar-refractivity contribution is 6.02. The smallest absolute Gasteiger partial charge is 0.312 e. The Morgan fingerprint density at radius 1 is 1.29 bits per heavy atom. The van der Waals surface area contributed by atoms with Crippen molar-refractivity contribution in [3.05, 3.63) is 36.5 Å². The third-order valence-electron chi connectivity index (χ3n) is 2.20. The molecule has 0 bridgehead atoms. The average Bonchev–Trinajstić information content (AvgIpc) is 2.27. The molecule has 0 radical (unpaired) electrons. The zero-order chi connectivity index (χ0) is 12.3. The molecule has 1 amide bonds. The Morgan fingerprint density at radius 2 is 2.12 bits per heavy atom. The van der Waals surface area contributed by atoms with Gasteiger partial charge >= 0.3 is 5.97 Å². The summed E-state index contributed by atoms with van der Waals surface area (Å²) in [6.45, 7) is 0. The van der Waals surface area contributed by atoms with E-state index >= 15 is 0 Å². The molecule has 0 unspecified atom stereocenters. The molecule has 5 nitrogen and oxygen atoms in total. The fourth-order valence-electron chi connectivity index (χ4n) is 1.50. The third-order valence-corrected chi connectivity index (χ3v) is 2.20. The monoisotopic (exact) mass is 230 g/mol. The highest BCUT2D eigenvalue weighted by atomic mass is 16.4. The van der Waals surface area contributed by atoms with Crippen LogP contribution in [0.3, 0.4) is 0 Å². The maximum atomic E-state index is 11.3. The summed E-state index contributed by atoms with van der Waals surface area (Å²) >= 11 is 0. The number of benzene rings is 1. The third kappa shape index (κ3) is 2.78. The lowest BCUT2D eigenvalue weighted by Crippen LogP contribution is -2.15. The van der Waals surface area contributed by atoms with Gasteiger partial charge in [-0.1, -0.05) is 6.07 Å². The lowest BCUT2D eigenvalue weighted by molar-refractivity contribution is -0.139. The van der Waals surface area contributed by atoms with Crippen LogP contribution in [-0.2, 0) is 9.59 Å². The van der Waals surface area contributed by atoms with Crippen LogP contribution in [0.25, 0.3) is 10.9 Å². The summed E-state index contributed by atoms with van der Waals surface area (Å²) in [6, 6.07) is 8.88. The molecule has 2 N–H and O–H groups in total. The zero-order valence-electron chi connectivity index (χ0n) is 8.88. The number of nitrogens with one attached hydrogen (secondary N) is 1. The maximum absolute atomic E-state index is 11.3. The number of fused-ring (bicyclic) bond motifs is 1. The van der Waals surface area contributed by atoms with Crippen molar-refractivity contribution in [1.29, 1.82) is 0 Å². The molecule has 1 heterocycles. The predicted molar refractivity (Wildman–Crippen MR) is 62.6 cm³/mol. The number of carboxylic acids is 1. The molecule has 5 heteroatoms. The molecule has 0 saturated heterocycles. The van der Waals surface area contributed by atoms with Gasteiger partial charge in [0.25, 0.3) is 0 Å². The van der Waals surface area contributed by atoms with Gasteiger partial charge in [-0.3, -0.25) is 14.6 Å². The van der Waals surface area contributed by atoms with Crippen molar-refractivity contribution < 1.29 is 14.7 Å². The molecule has 0 saturated carbocycles. The molecule has 1 aromatic carbocycles. The van der Waals surface area contributed by atoms with Gasteiger partial charge in [-0.2, -0.15) is 0 Å². The van der Waals surface area contributed by atoms with E-state index in [9.17, 15) is 9.59 Å². The first-order chi connectivity index (χ1) is 8.15. The van der Waals surface area contributed by atoms with Crippen LogP contribution in [-0.4, -0.2) is 22.0 Å². The summed E-state index contributed by atoms with van der Waals surface area (Å²) in [5.74, 6) is -1.69. The minimum Gasteiger partial charge on any atom is -0.481 e. The van der Waals surface area contributed by atoms with Crippen molar-refractivity contribution >= 4 is 28.5 Å². The molecule has 2 rings (SSSR count). The van der Waals surface area contributed by atoms with E-state index in [4.69, 9.17) is 5.11 Å². The lowest BCUT2D eigenvalue weighted by atomic mass is 10.2. The summed E-state index contributed by atoms with van der Waals surface area (Å²) in [5, 5.41) is 11.9. The van der Waals surface area contributed by atoms with Crippen molar-refractivity contribution in [2.24, 2.45) is 0 Å². The number of pyridine rings is 1. The normalized spacial score (nSPS) is 10.1. The van der Waals surface area contributed by atoms with Gasteiger partial charge in [-0.25, -0.2) is 0 Å². The molecular weight excluding hydrogens is 220 g/mol. The molecule has 0 fully saturated rings. The first-order valence-corrected chi connectivity index (χ1v) is 5.01. The van der Waals surface area contributed by atoms with Crippen LogP contribution in [0.15, 0.2) is 36.5 Å². The van der Waals surface area contributed by atoms with Gasteiger partial charge in [0.2, 0.25) is 5.91 Å². The Kier molecular flexibility index (Phi) is 3.00. The summed E-state index contributed by atoms with van der Waals surface area (Å²) in [4.78, 5) is 25.7. The number of anilines is 1. The van der Waals surface area contributed by atoms with Gasteiger partial charge in [-0.05, 0) is 24.3 Å². The fraction of sp³-hybridized carbons (Fsp3) is 0.0833. The van der Waals surface area contributed by atoms with E-state index in [1.165, 1.54) is 0 Å². The maximum Gasteiger partial charge on any atom is 0.312 e. The molecule has 0 atom stereocenters. The number of carbonyl (C=O) groups is 2. The number of nitrogens with zero attached hydrogens (tertiary/aromatic N) is 1. The minimum atomic E-state index is -1.15. The molecule has 2 aromatic rings. The summed E-state index contributed by atoms with van der Waals surface area (Å²) < 4.78 is 0. The van der Waals surface area contributed by atoms with Gasteiger partial charge in [-0.15, -0.1) is 0 Å². The quantitative estimate of drug-likeness (QED) is 0.786. The van der Waals surface area contributed by atoms with Crippen LogP contribution in [0.2, 0.25) is 0 Å². The van der Waals surface area contributed by atoms with E-state index in [1.54, 1.807) is 30.5 Å². The summed E-state index contributed by atoms with van der Waals surface area (Å²) in [5.41, 5.74) is 1.39. The highest BCUT2D eigenvalue weighted by Gasteiger charge is 2.07. The van der Waals surface area contributed by atoms with Crippen LogP contribution < -0.4 is 5.32 Å². The number of aliphatic carboxylic acids is 1. The lowest BCUT2D eigenvalue weighted by Gasteiger charge is -2.04. The fourth-order valence-corrected chi connectivity index (χ4v) is 1.50. The van der Waals surface area contributed by atoms with E-state index in [-0.39, 0.29) is 0 Å². The molecule has 0 spiro atoms. The number of aromatic nitrogens is 1. The van der Waals surface area contributed by atoms with Gasteiger partial charge in [0.05, 0.1) is 5.52 Å². The second kappa shape index (κ2) is 4.61. The van der Waals surface area contributed by atoms with Crippen LogP contribution in [0.4, 0.5) is 5.69 Å². The number of carboxylic acid groups (broad SMARTS) is 1. The van der Waals surface area contributed by atoms with Gasteiger partial charge in [0.15, 0.2) is 0 Å². The summed E-state index contributed by atoms with van der Waals surface area (Å²) in [7, 11) is 0. The van der Waals surface area contributed by atoms with Crippen LogP contribution in [0.1, 0.15) is 6.42 Å². The van der Waals surface area contributed by atoms with E-state index in [2.05, 4.69) is 10.3 Å². The average molecular weight is 230 g/mol. The number of hydrogen-bond acceptors (Lipinski definition) is 3. The second-order valence-electron chi connectivity index (χ2n) is 3.53. The molecule has 17 heavy (non-hydrogen) atoms. The van der Waals surface area contributed by atoms with Crippen molar-refractivity contribution in [1.82, 2.24) is 4.98 Å². The van der Waals surface area contributed by atoms with E-state index in [0.717, 1.165) is 10.9 Å². The molecular formula is C12H10N2O3. The van der Waals surface area contributed by atoms with Gasteiger partial charge < -0.3 is 10.4 Å². The molecule has 1 aromatic heterocycles. The Labute approximate surface area is 97.1 Å². The van der Waals surface area contributed by atoms with Crippen LogP contribution in [0.5, 0.6) is 0 Å². The largest absolute Gasteiger partial charge is 0.481 e. The Hall–Kier alpha value is -2.43. The predicted octanol–water partition coefficient (Wildman–Crippen LogP) is 1.65. The molecule has 86 valence electrons. The zero-order valence-corrected chi connectivity index (χ0v) is 8.88. The SMILES string of the molecule is O=C(O)CC(=O)Nc1ccc2ncccc2c1. The number of amides is 1. The number of carbonyl (C=O) groups excluding carboxylic acids is 1. The first-order valence-electron chi connectivity index (χ1n) is 5.01. The molecule has 0 aliphatic heterocycles. The number of rotatable bonds is 3. The van der Waals surface area contributed by atoms with Crippen molar-refractivity contribution in [3.63, 3.8) is 0 Å². The van der Waals surface area contributed by atoms with Crippen molar-refractivity contribution in [2.45, 2.75) is 6.42 Å². The second-order valence-corrected chi connectivity index (χ2v) is 3.53. The minimum absolute atomic E-state index is 0.537. The standard InChI is InChI=1S/C12H10N2O3/c15-11(7-12(16)17)14-9-3-4-10-8(6-9)2-1-5-13-10/h1-6H,7H2,(H,14,15)(H,16,17). The number of hydrogen-bond donors (Lipinski definition) is 2. The van der Waals surface area contributed by atoms with Crippen LogP contribution >= 0.6 is 0 Å². The van der Waals surface area contributed by atoms with Crippen molar-refractivity contribution in [2.75, 3.05) is 5.32 Å². The first kappa shape index (κ1) is 11.1. The summed E-state index contributed by atoms with van der Waals surface area (Å²) in [6.07, 6.45) is 1.15. The van der Waals surface area contributed by atoms with Gasteiger partial charge in [0, 0.05) is 17.3 Å². The van der Waals surface area contributed by atoms with Crippen LogP contribution in [0, 0.1) is 0 Å². The van der Waals surface area contributed by atoms with Crippen molar-refractivity contribution in [3.8, 4) is 0 Å². The molecule has 0 aliphatic rings. The van der Waals surface area contributed by atoms with E-state index in [0.29, 0.717) is 5.69 Å². The van der Waals surface area contributed by atoms with Gasteiger partial charge in [0.1, 0.15) is 6.42 Å². The van der Waals surface area contributed by atoms with E-state index in [1.807, 2.05) is 6.07 Å². The Morgan fingerprint density at radius 3 is 2.88 bits per heavy atom. The molecule has 0 aliphatic carbocycles. The topological polar surface area (TPSA) is 79.3 Å². The van der Waals surface area contributed by atoms with E-state index < -0.39 is 18.3 Å². The Balaban J connectivity index is 2.19. The Bertz CT molecular complexity index is 581. The highest BCUT2D eigenvalue weighted by Crippen LogP contribution is 2.16.